The van der Waals surface area contributed by atoms with E-state index >= 15 is 0 Å². The topological polar surface area (TPSA) is 85.4 Å². The normalized spacial score (nSPS) is 18.8. The third-order valence-corrected chi connectivity index (χ3v) is 6.87. The van der Waals surface area contributed by atoms with Crippen LogP contribution in [0.4, 0.5) is 5.69 Å². The zero-order chi connectivity index (χ0) is 25.7. The van der Waals surface area contributed by atoms with Gasteiger partial charge in [-0.15, -0.1) is 0 Å². The van der Waals surface area contributed by atoms with Gasteiger partial charge < -0.3 is 19.1 Å². The van der Waals surface area contributed by atoms with Gasteiger partial charge in [-0.05, 0) is 54.4 Å². The first-order valence-electron chi connectivity index (χ1n) is 11.2. The van der Waals surface area contributed by atoms with E-state index in [1.807, 2.05) is 13.0 Å². The molecule has 1 saturated heterocycles. The molecule has 2 aliphatic heterocycles. The summed E-state index contributed by atoms with van der Waals surface area (Å²) in [6.07, 6.45) is 0. The molecule has 2 atom stereocenters. The van der Waals surface area contributed by atoms with Gasteiger partial charge >= 0.3 is 0 Å². The molecule has 0 saturated carbocycles. The van der Waals surface area contributed by atoms with Crippen molar-refractivity contribution in [3.63, 3.8) is 0 Å². The van der Waals surface area contributed by atoms with E-state index < -0.39 is 29.8 Å². The molecule has 1 fully saturated rings. The van der Waals surface area contributed by atoms with Crippen LogP contribution in [0.3, 0.4) is 0 Å². The van der Waals surface area contributed by atoms with Crippen LogP contribution in [0.2, 0.25) is 5.02 Å². The van der Waals surface area contributed by atoms with E-state index in [2.05, 4.69) is 0 Å². The molecule has 9 heteroatoms. The summed E-state index contributed by atoms with van der Waals surface area (Å²) in [5.74, 6) is -0.251. The lowest BCUT2D eigenvalue weighted by molar-refractivity contribution is -0.130. The smallest absolute Gasteiger partial charge is 0.262 e. The van der Waals surface area contributed by atoms with E-state index in [9.17, 15) is 14.4 Å². The van der Waals surface area contributed by atoms with E-state index in [4.69, 9.17) is 25.8 Å². The SMILES string of the molecule is COc1cc(C2C(N3C(=O)c4ccccc4C3=O)C(=O)N2c2cc(Cl)ccc2C)cc(OC)c1OC. The molecule has 3 aromatic rings. The Bertz CT molecular complexity index is 1360. The Labute approximate surface area is 212 Å². The summed E-state index contributed by atoms with van der Waals surface area (Å²) in [6.45, 7) is 1.86. The van der Waals surface area contributed by atoms with Crippen LogP contribution in [0.25, 0.3) is 0 Å². The summed E-state index contributed by atoms with van der Waals surface area (Å²) in [6, 6.07) is 13.4. The first kappa shape index (κ1) is 23.7. The molecule has 3 amide bonds. The highest BCUT2D eigenvalue weighted by Gasteiger charge is 2.57. The van der Waals surface area contributed by atoms with Crippen LogP contribution in [0, 0.1) is 6.92 Å². The van der Waals surface area contributed by atoms with Gasteiger partial charge in [0.15, 0.2) is 11.5 Å². The molecular formula is C27H23ClN2O6. The highest BCUT2D eigenvalue weighted by molar-refractivity contribution is 6.31. The minimum Gasteiger partial charge on any atom is -0.493 e. The van der Waals surface area contributed by atoms with Crippen LogP contribution in [0.1, 0.15) is 37.9 Å². The largest absolute Gasteiger partial charge is 0.493 e. The number of benzene rings is 3. The minimum absolute atomic E-state index is 0.274. The number of carbonyl (C=O) groups is 3. The molecular weight excluding hydrogens is 484 g/mol. The van der Waals surface area contributed by atoms with Crippen LogP contribution in [-0.4, -0.2) is 50.0 Å². The Morgan fingerprint density at radius 1 is 0.750 bits per heavy atom. The standard InChI is InChI=1S/C27H23ClN2O6/c1-14-9-10-16(28)13-19(14)29-22(15-11-20(34-2)24(36-4)21(12-15)35-3)23(27(29)33)30-25(31)17-7-5-6-8-18(17)26(30)32/h5-13,22-23H,1-4H3. The number of hydrogen-bond acceptors (Lipinski definition) is 6. The number of rotatable bonds is 6. The third-order valence-electron chi connectivity index (χ3n) is 6.63. The second-order valence-electron chi connectivity index (χ2n) is 8.51. The van der Waals surface area contributed by atoms with Gasteiger partial charge in [0.25, 0.3) is 17.7 Å². The van der Waals surface area contributed by atoms with Gasteiger partial charge in [0.1, 0.15) is 6.04 Å². The lowest BCUT2D eigenvalue weighted by Gasteiger charge is -2.50. The molecule has 5 rings (SSSR count). The quantitative estimate of drug-likeness (QED) is 0.363. The van der Waals surface area contributed by atoms with Gasteiger partial charge in [-0.25, -0.2) is 0 Å². The summed E-state index contributed by atoms with van der Waals surface area (Å²) in [4.78, 5) is 43.0. The van der Waals surface area contributed by atoms with Crippen LogP contribution in [-0.2, 0) is 4.79 Å². The van der Waals surface area contributed by atoms with Crippen molar-refractivity contribution >= 4 is 35.0 Å². The maximum Gasteiger partial charge on any atom is 0.262 e. The molecule has 2 aliphatic rings. The fourth-order valence-electron chi connectivity index (χ4n) is 4.90. The maximum absolute atomic E-state index is 13.7. The molecule has 36 heavy (non-hydrogen) atoms. The van der Waals surface area contributed by atoms with Crippen molar-refractivity contribution < 1.29 is 28.6 Å². The molecule has 0 spiro atoms. The average Bonchev–Trinajstić information content (AvgIpc) is 3.13. The summed E-state index contributed by atoms with van der Waals surface area (Å²) >= 11 is 6.28. The highest BCUT2D eigenvalue weighted by atomic mass is 35.5. The highest BCUT2D eigenvalue weighted by Crippen LogP contribution is 2.49. The number of ether oxygens (including phenoxy) is 3. The Morgan fingerprint density at radius 3 is 1.86 bits per heavy atom. The number of nitrogens with zero attached hydrogens (tertiary/aromatic N) is 2. The van der Waals surface area contributed by atoms with Crippen LogP contribution in [0.15, 0.2) is 54.6 Å². The number of anilines is 1. The van der Waals surface area contributed by atoms with Crippen molar-refractivity contribution in [1.82, 2.24) is 4.90 Å². The van der Waals surface area contributed by atoms with Gasteiger partial charge in [0.2, 0.25) is 5.75 Å². The second kappa shape index (κ2) is 8.87. The zero-order valence-electron chi connectivity index (χ0n) is 20.1. The second-order valence-corrected chi connectivity index (χ2v) is 8.95. The molecule has 0 radical (unpaired) electrons. The Morgan fingerprint density at radius 2 is 1.33 bits per heavy atom. The molecule has 8 nitrogen and oxygen atoms in total. The zero-order valence-corrected chi connectivity index (χ0v) is 20.8. The van der Waals surface area contributed by atoms with Gasteiger partial charge in [-0.1, -0.05) is 29.8 Å². The van der Waals surface area contributed by atoms with E-state index in [-0.39, 0.29) is 11.1 Å². The number of β-lactam (4-membered cyclic amide) rings is 1. The Balaban J connectivity index is 1.68. The Hall–Kier alpha value is -4.04. The fourth-order valence-corrected chi connectivity index (χ4v) is 5.07. The lowest BCUT2D eigenvalue weighted by atomic mass is 9.85. The number of imide groups is 1. The molecule has 0 aromatic heterocycles. The first-order valence-corrected chi connectivity index (χ1v) is 11.6. The summed E-state index contributed by atoms with van der Waals surface area (Å²) in [7, 11) is 4.48. The van der Waals surface area contributed by atoms with Gasteiger partial charge in [-0.3, -0.25) is 19.3 Å². The van der Waals surface area contributed by atoms with Crippen molar-refractivity contribution in [2.45, 2.75) is 19.0 Å². The van der Waals surface area contributed by atoms with E-state index in [0.29, 0.717) is 33.5 Å². The van der Waals surface area contributed by atoms with Crippen molar-refractivity contribution in [3.05, 3.63) is 81.9 Å². The van der Waals surface area contributed by atoms with Gasteiger partial charge in [-0.2, -0.15) is 0 Å². The number of hydrogen-bond donors (Lipinski definition) is 0. The van der Waals surface area contributed by atoms with Crippen molar-refractivity contribution in [1.29, 1.82) is 0 Å². The van der Waals surface area contributed by atoms with E-state index in [1.165, 1.54) is 21.3 Å². The number of amides is 3. The fraction of sp³-hybridized carbons (Fsp3) is 0.222. The van der Waals surface area contributed by atoms with Gasteiger partial charge in [0, 0.05) is 10.7 Å². The number of fused-ring (bicyclic) bond motifs is 1. The summed E-state index contributed by atoms with van der Waals surface area (Å²) < 4.78 is 16.5. The number of carbonyl (C=O) groups excluding carboxylic acids is 3. The molecule has 0 N–H and O–H groups in total. The molecule has 3 aromatic carbocycles. The molecule has 0 aliphatic carbocycles. The summed E-state index contributed by atoms with van der Waals surface area (Å²) in [5.41, 5.74) is 2.54. The molecule has 2 heterocycles. The summed E-state index contributed by atoms with van der Waals surface area (Å²) in [5, 5.41) is 0.455. The van der Waals surface area contributed by atoms with E-state index in [1.54, 1.807) is 53.4 Å². The molecule has 184 valence electrons. The van der Waals surface area contributed by atoms with Crippen LogP contribution >= 0.6 is 11.6 Å². The molecule has 0 bridgehead atoms. The lowest BCUT2D eigenvalue weighted by Crippen LogP contribution is -2.67. The predicted molar refractivity (Wildman–Crippen MR) is 133 cm³/mol. The van der Waals surface area contributed by atoms with Crippen molar-refractivity contribution in [2.24, 2.45) is 0 Å². The molecule has 2 unspecified atom stereocenters. The Kier molecular flexibility index (Phi) is 5.84. The van der Waals surface area contributed by atoms with Crippen LogP contribution < -0.4 is 19.1 Å². The first-order chi connectivity index (χ1) is 17.3. The number of methoxy groups -OCH3 is 3. The monoisotopic (exact) mass is 506 g/mol. The third kappa shape index (κ3) is 3.40. The van der Waals surface area contributed by atoms with Gasteiger partial charge in [0.05, 0.1) is 38.5 Å². The van der Waals surface area contributed by atoms with E-state index in [0.717, 1.165) is 10.5 Å². The number of halogens is 1. The van der Waals surface area contributed by atoms with Crippen molar-refractivity contribution in [2.75, 3.05) is 26.2 Å². The average molecular weight is 507 g/mol. The predicted octanol–water partition coefficient (Wildman–Crippen LogP) is 4.43. The maximum atomic E-state index is 13.7. The van der Waals surface area contributed by atoms with Crippen LogP contribution in [0.5, 0.6) is 17.2 Å². The van der Waals surface area contributed by atoms with Crippen molar-refractivity contribution in [3.8, 4) is 17.2 Å². The minimum atomic E-state index is -1.07. The number of aryl methyl sites for hydroxylation is 1.